The van der Waals surface area contributed by atoms with E-state index in [4.69, 9.17) is 9.47 Å². The summed E-state index contributed by atoms with van der Waals surface area (Å²) in [6.07, 6.45) is 1.01. The second-order valence-electron chi connectivity index (χ2n) is 6.37. The van der Waals surface area contributed by atoms with Gasteiger partial charge in [-0.25, -0.2) is 4.79 Å². The first kappa shape index (κ1) is 18.8. The molecule has 0 atom stereocenters. The number of nitrogens with one attached hydrogen (secondary N) is 1. The third-order valence-corrected chi connectivity index (χ3v) is 4.76. The van der Waals surface area contributed by atoms with Crippen LogP contribution in [0.3, 0.4) is 0 Å². The van der Waals surface area contributed by atoms with Gasteiger partial charge in [0.1, 0.15) is 11.3 Å². The summed E-state index contributed by atoms with van der Waals surface area (Å²) in [4.78, 5) is 18.5. The Morgan fingerprint density at radius 2 is 1.96 bits per heavy atom. The van der Waals surface area contributed by atoms with Crippen LogP contribution in [0.5, 0.6) is 5.75 Å². The van der Waals surface area contributed by atoms with Crippen molar-refractivity contribution in [1.29, 1.82) is 0 Å². The number of methoxy groups -OCH3 is 2. The molecule has 6 nitrogen and oxygen atoms in total. The molecular formula is C21H25N3O3. The number of carbonyl (C=O) groups excluding carboxylic acids is 1. The molecule has 1 heterocycles. The molecule has 0 spiro atoms. The van der Waals surface area contributed by atoms with Crippen LogP contribution in [0.4, 0.5) is 0 Å². The normalized spacial score (nSPS) is 13.7. The summed E-state index contributed by atoms with van der Waals surface area (Å²) in [7, 11) is 4.70. The van der Waals surface area contributed by atoms with E-state index in [1.807, 2.05) is 12.1 Å². The van der Waals surface area contributed by atoms with Gasteiger partial charge >= 0.3 is 5.97 Å². The van der Waals surface area contributed by atoms with Crippen LogP contribution in [0.2, 0.25) is 0 Å². The van der Waals surface area contributed by atoms with Crippen LogP contribution in [0, 0.1) is 0 Å². The highest BCUT2D eigenvalue weighted by Gasteiger charge is 2.19. The van der Waals surface area contributed by atoms with E-state index in [2.05, 4.69) is 39.5 Å². The first-order valence-corrected chi connectivity index (χ1v) is 8.94. The number of hydrogen-bond acceptors (Lipinski definition) is 4. The Morgan fingerprint density at radius 3 is 2.67 bits per heavy atom. The van der Waals surface area contributed by atoms with Crippen LogP contribution in [0.25, 0.3) is 0 Å². The van der Waals surface area contributed by atoms with E-state index >= 15 is 0 Å². The second-order valence-corrected chi connectivity index (χ2v) is 6.37. The number of rotatable bonds is 4. The molecule has 0 saturated heterocycles. The molecule has 6 heteroatoms. The zero-order valence-electron chi connectivity index (χ0n) is 16.0. The number of ether oxygens (including phenoxy) is 2. The highest BCUT2D eigenvalue weighted by molar-refractivity contribution is 5.92. The van der Waals surface area contributed by atoms with Crippen molar-refractivity contribution in [2.45, 2.75) is 19.5 Å². The van der Waals surface area contributed by atoms with E-state index in [1.165, 1.54) is 18.2 Å². The number of aliphatic imine (C=N–C) groups is 1. The summed E-state index contributed by atoms with van der Waals surface area (Å²) in [5.41, 5.74) is 4.17. The lowest BCUT2D eigenvalue weighted by Gasteiger charge is -2.31. The molecule has 142 valence electrons. The van der Waals surface area contributed by atoms with Gasteiger partial charge in [-0.05, 0) is 35.2 Å². The number of benzene rings is 2. The smallest absolute Gasteiger partial charge is 0.341 e. The lowest BCUT2D eigenvalue weighted by Crippen LogP contribution is -2.43. The van der Waals surface area contributed by atoms with E-state index in [0.717, 1.165) is 31.0 Å². The molecule has 0 bridgehead atoms. The van der Waals surface area contributed by atoms with Crippen LogP contribution in [0.15, 0.2) is 47.5 Å². The Labute approximate surface area is 159 Å². The van der Waals surface area contributed by atoms with E-state index in [1.54, 1.807) is 20.2 Å². The van der Waals surface area contributed by atoms with Gasteiger partial charge in [-0.1, -0.05) is 30.3 Å². The molecular weight excluding hydrogens is 342 g/mol. The van der Waals surface area contributed by atoms with Crippen molar-refractivity contribution in [2.24, 2.45) is 4.99 Å². The van der Waals surface area contributed by atoms with Gasteiger partial charge in [0.2, 0.25) is 0 Å². The van der Waals surface area contributed by atoms with E-state index in [-0.39, 0.29) is 0 Å². The molecule has 1 aliphatic heterocycles. The van der Waals surface area contributed by atoms with Crippen molar-refractivity contribution in [3.8, 4) is 5.75 Å². The Balaban J connectivity index is 1.67. The average Bonchev–Trinajstić information content (AvgIpc) is 2.73. The van der Waals surface area contributed by atoms with Crippen molar-refractivity contribution in [1.82, 2.24) is 10.2 Å². The molecule has 0 aromatic heterocycles. The van der Waals surface area contributed by atoms with Crippen molar-refractivity contribution in [3.05, 3.63) is 64.7 Å². The molecule has 3 rings (SSSR count). The number of hydrogen-bond donors (Lipinski definition) is 1. The fourth-order valence-electron chi connectivity index (χ4n) is 3.31. The average molecular weight is 367 g/mol. The lowest BCUT2D eigenvalue weighted by atomic mass is 10.0. The van der Waals surface area contributed by atoms with Crippen LogP contribution >= 0.6 is 0 Å². The fourth-order valence-corrected chi connectivity index (χ4v) is 3.31. The van der Waals surface area contributed by atoms with Gasteiger partial charge < -0.3 is 19.7 Å². The minimum absolute atomic E-state index is 0.408. The number of esters is 1. The fraction of sp³-hybridized carbons (Fsp3) is 0.333. The maximum absolute atomic E-state index is 11.8. The van der Waals surface area contributed by atoms with Gasteiger partial charge in [0.15, 0.2) is 5.96 Å². The molecule has 0 saturated carbocycles. The van der Waals surface area contributed by atoms with Gasteiger partial charge in [-0.15, -0.1) is 0 Å². The third kappa shape index (κ3) is 4.22. The molecule has 0 fully saturated rings. The Bertz CT molecular complexity index is 848. The van der Waals surface area contributed by atoms with Crippen LogP contribution < -0.4 is 10.1 Å². The lowest BCUT2D eigenvalue weighted by molar-refractivity contribution is 0.0597. The Kier molecular flexibility index (Phi) is 5.96. The quantitative estimate of drug-likeness (QED) is 0.511. The zero-order chi connectivity index (χ0) is 19.2. The third-order valence-electron chi connectivity index (χ3n) is 4.76. The van der Waals surface area contributed by atoms with Crippen LogP contribution in [0.1, 0.15) is 27.0 Å². The standard InChI is InChI=1S/C21H25N3O3/c1-22-21(24-11-10-16-6-4-5-7-17(16)14-24)23-13-15-8-9-18(20(25)27-3)19(12-15)26-2/h4-9,12H,10-11,13-14H2,1-3H3,(H,22,23). The van der Waals surface area contributed by atoms with Gasteiger partial charge in [0, 0.05) is 26.7 Å². The maximum Gasteiger partial charge on any atom is 0.341 e. The largest absolute Gasteiger partial charge is 0.496 e. The number of guanidine groups is 1. The summed E-state index contributed by atoms with van der Waals surface area (Å²) < 4.78 is 10.1. The van der Waals surface area contributed by atoms with Crippen molar-refractivity contribution in [2.75, 3.05) is 27.8 Å². The summed E-state index contributed by atoms with van der Waals surface area (Å²) in [5, 5.41) is 3.40. The minimum Gasteiger partial charge on any atom is -0.496 e. The predicted octanol–water partition coefficient (Wildman–Crippen LogP) is 2.62. The van der Waals surface area contributed by atoms with Crippen molar-refractivity contribution >= 4 is 11.9 Å². The van der Waals surface area contributed by atoms with Crippen LogP contribution in [-0.4, -0.2) is 44.6 Å². The van der Waals surface area contributed by atoms with Crippen LogP contribution in [-0.2, 0) is 24.2 Å². The Morgan fingerprint density at radius 1 is 1.19 bits per heavy atom. The van der Waals surface area contributed by atoms with Gasteiger partial charge in [-0.3, -0.25) is 4.99 Å². The molecule has 0 aliphatic carbocycles. The minimum atomic E-state index is -0.408. The zero-order valence-corrected chi connectivity index (χ0v) is 16.0. The number of nitrogens with zero attached hydrogens (tertiary/aromatic N) is 2. The summed E-state index contributed by atoms with van der Waals surface area (Å²) >= 11 is 0. The van der Waals surface area contributed by atoms with Crippen molar-refractivity contribution in [3.63, 3.8) is 0 Å². The molecule has 27 heavy (non-hydrogen) atoms. The molecule has 0 radical (unpaired) electrons. The first-order chi connectivity index (χ1) is 13.2. The topological polar surface area (TPSA) is 63.2 Å². The summed E-state index contributed by atoms with van der Waals surface area (Å²) in [5.74, 6) is 0.956. The molecule has 1 aliphatic rings. The summed E-state index contributed by atoms with van der Waals surface area (Å²) in [6, 6.07) is 14.0. The van der Waals surface area contributed by atoms with Gasteiger partial charge in [0.05, 0.1) is 14.2 Å². The van der Waals surface area contributed by atoms with E-state index in [0.29, 0.717) is 17.9 Å². The van der Waals surface area contributed by atoms with E-state index < -0.39 is 5.97 Å². The highest BCUT2D eigenvalue weighted by Crippen LogP contribution is 2.22. The molecule has 2 aromatic rings. The highest BCUT2D eigenvalue weighted by atomic mass is 16.5. The maximum atomic E-state index is 11.8. The molecule has 0 unspecified atom stereocenters. The Hall–Kier alpha value is -3.02. The molecule has 0 amide bonds. The van der Waals surface area contributed by atoms with Gasteiger partial charge in [0.25, 0.3) is 0 Å². The second kappa shape index (κ2) is 8.58. The van der Waals surface area contributed by atoms with Crippen molar-refractivity contribution < 1.29 is 14.3 Å². The molecule has 2 aromatic carbocycles. The van der Waals surface area contributed by atoms with Gasteiger partial charge in [-0.2, -0.15) is 0 Å². The summed E-state index contributed by atoms with van der Waals surface area (Å²) in [6.45, 7) is 2.37. The van der Waals surface area contributed by atoms with E-state index in [9.17, 15) is 4.79 Å². The SMILES string of the molecule is CN=C(NCc1ccc(C(=O)OC)c(OC)c1)N1CCc2ccccc2C1. The first-order valence-electron chi connectivity index (χ1n) is 8.94. The number of fused-ring (bicyclic) bond motifs is 1. The predicted molar refractivity (Wildman–Crippen MR) is 105 cm³/mol. The monoisotopic (exact) mass is 367 g/mol. The molecule has 1 N–H and O–H groups in total. The number of carbonyl (C=O) groups is 1.